The van der Waals surface area contributed by atoms with E-state index in [4.69, 9.17) is 19.6 Å². The second-order valence-corrected chi connectivity index (χ2v) is 8.99. The van der Waals surface area contributed by atoms with Crippen LogP contribution < -0.4 is 10.5 Å². The van der Waals surface area contributed by atoms with Crippen LogP contribution in [0, 0.1) is 6.92 Å². The summed E-state index contributed by atoms with van der Waals surface area (Å²) in [5, 5.41) is 1.08. The number of rotatable bonds is 9. The molecule has 0 fully saturated rings. The highest BCUT2D eigenvalue weighted by Crippen LogP contribution is 2.38. The highest BCUT2D eigenvalue weighted by atomic mass is 16.5. The van der Waals surface area contributed by atoms with Crippen LogP contribution in [-0.4, -0.2) is 12.6 Å². The van der Waals surface area contributed by atoms with Gasteiger partial charge in [-0.25, -0.2) is 0 Å². The van der Waals surface area contributed by atoms with Gasteiger partial charge in [-0.1, -0.05) is 56.3 Å². The number of hydrogen-bond donors (Lipinski definition) is 1. The zero-order chi connectivity index (χ0) is 24.9. The van der Waals surface area contributed by atoms with Crippen molar-refractivity contribution in [2.75, 3.05) is 6.61 Å². The van der Waals surface area contributed by atoms with Gasteiger partial charge in [-0.3, -0.25) is 4.79 Å². The molecule has 1 aromatic heterocycles. The molecule has 4 aromatic rings. The monoisotopic (exact) mass is 471 g/mol. The van der Waals surface area contributed by atoms with Crippen molar-refractivity contribution in [3.8, 4) is 16.9 Å². The number of ether oxygens (including phenoxy) is 2. The quantitative estimate of drug-likeness (QED) is 0.276. The minimum atomic E-state index is -0.264. The maximum absolute atomic E-state index is 12.1. The summed E-state index contributed by atoms with van der Waals surface area (Å²) >= 11 is 0. The number of fused-ring (bicyclic) bond motifs is 1. The van der Waals surface area contributed by atoms with Crippen LogP contribution in [0.3, 0.4) is 0 Å². The molecule has 0 aliphatic rings. The summed E-state index contributed by atoms with van der Waals surface area (Å²) in [6.45, 7) is 9.38. The Morgan fingerprint density at radius 3 is 2.60 bits per heavy atom. The van der Waals surface area contributed by atoms with Gasteiger partial charge in [-0.15, -0.1) is 0 Å². The first kappa shape index (κ1) is 24.6. The first-order chi connectivity index (χ1) is 16.9. The van der Waals surface area contributed by atoms with Crippen molar-refractivity contribution in [3.05, 3.63) is 88.7 Å². The SMILES string of the molecule is CCOC(=O)Cc1ccccc1OCc1c(C(C)C)oc2ccc(-c3cccc(CN)c3)c(C)c12. The highest BCUT2D eigenvalue weighted by molar-refractivity contribution is 5.92. The van der Waals surface area contributed by atoms with Gasteiger partial charge in [-0.05, 0) is 54.3 Å². The first-order valence-corrected chi connectivity index (χ1v) is 12.1. The molecule has 5 heteroatoms. The molecule has 4 rings (SSSR count). The molecule has 0 spiro atoms. The highest BCUT2D eigenvalue weighted by Gasteiger charge is 2.21. The Balaban J connectivity index is 1.73. The van der Waals surface area contributed by atoms with E-state index in [1.807, 2.05) is 42.5 Å². The molecule has 0 radical (unpaired) electrons. The third-order valence-corrected chi connectivity index (χ3v) is 6.23. The fourth-order valence-electron chi connectivity index (χ4n) is 4.55. The van der Waals surface area contributed by atoms with Crippen molar-refractivity contribution in [3.63, 3.8) is 0 Å². The van der Waals surface area contributed by atoms with Crippen molar-refractivity contribution in [1.29, 1.82) is 0 Å². The van der Waals surface area contributed by atoms with Gasteiger partial charge < -0.3 is 19.6 Å². The fourth-order valence-corrected chi connectivity index (χ4v) is 4.55. The lowest BCUT2D eigenvalue weighted by Gasteiger charge is -2.14. The molecule has 3 aromatic carbocycles. The maximum Gasteiger partial charge on any atom is 0.310 e. The standard InChI is InChI=1S/C30H33NO4/c1-5-33-28(32)16-23-10-6-7-12-26(23)34-18-25-29-20(4)24(22-11-8-9-21(15-22)17-31)13-14-27(29)35-30(25)19(2)3/h6-15,19H,5,16-18,31H2,1-4H3. The van der Waals surface area contributed by atoms with E-state index in [2.05, 4.69) is 39.0 Å². The van der Waals surface area contributed by atoms with E-state index in [0.717, 1.165) is 50.1 Å². The summed E-state index contributed by atoms with van der Waals surface area (Å²) in [7, 11) is 0. The number of hydrogen-bond acceptors (Lipinski definition) is 5. The fraction of sp³-hybridized carbons (Fsp3) is 0.300. The number of para-hydroxylation sites is 1. The molecule has 5 nitrogen and oxygen atoms in total. The van der Waals surface area contributed by atoms with Gasteiger partial charge in [-0.2, -0.15) is 0 Å². The lowest BCUT2D eigenvalue weighted by molar-refractivity contribution is -0.142. The smallest absolute Gasteiger partial charge is 0.310 e. The number of benzene rings is 3. The van der Waals surface area contributed by atoms with Gasteiger partial charge >= 0.3 is 5.97 Å². The molecule has 35 heavy (non-hydrogen) atoms. The van der Waals surface area contributed by atoms with E-state index >= 15 is 0 Å². The normalized spacial score (nSPS) is 11.3. The molecule has 2 N–H and O–H groups in total. The summed E-state index contributed by atoms with van der Waals surface area (Å²) < 4.78 is 17.8. The van der Waals surface area contributed by atoms with E-state index in [9.17, 15) is 4.79 Å². The zero-order valence-electron chi connectivity index (χ0n) is 20.9. The van der Waals surface area contributed by atoms with E-state index in [1.54, 1.807) is 6.92 Å². The van der Waals surface area contributed by atoms with Gasteiger partial charge in [0.2, 0.25) is 0 Å². The van der Waals surface area contributed by atoms with Crippen molar-refractivity contribution < 1.29 is 18.7 Å². The van der Waals surface area contributed by atoms with Crippen LogP contribution in [0.15, 0.2) is 65.1 Å². The Bertz CT molecular complexity index is 1340. The second-order valence-electron chi connectivity index (χ2n) is 8.99. The number of nitrogens with two attached hydrogens (primary N) is 1. The van der Waals surface area contributed by atoms with E-state index in [1.165, 1.54) is 0 Å². The van der Waals surface area contributed by atoms with E-state index in [-0.39, 0.29) is 18.3 Å². The topological polar surface area (TPSA) is 74.7 Å². The number of esters is 1. The molecule has 0 saturated carbocycles. The Kier molecular flexibility index (Phi) is 7.57. The summed E-state index contributed by atoms with van der Waals surface area (Å²) in [6.07, 6.45) is 0.174. The second kappa shape index (κ2) is 10.8. The average molecular weight is 472 g/mol. The number of carbonyl (C=O) groups is 1. The molecule has 182 valence electrons. The number of carbonyl (C=O) groups excluding carboxylic acids is 1. The van der Waals surface area contributed by atoms with Crippen LogP contribution in [0.4, 0.5) is 0 Å². The molecule has 0 saturated heterocycles. The average Bonchev–Trinajstić information content (AvgIpc) is 3.24. The molecule has 0 aliphatic heterocycles. The van der Waals surface area contributed by atoms with Crippen LogP contribution in [0.5, 0.6) is 5.75 Å². The molecule has 0 aliphatic carbocycles. The van der Waals surface area contributed by atoms with Crippen molar-refractivity contribution in [2.45, 2.75) is 53.2 Å². The van der Waals surface area contributed by atoms with Gasteiger partial charge in [0, 0.05) is 29.0 Å². The third-order valence-electron chi connectivity index (χ3n) is 6.23. The molecule has 0 atom stereocenters. The van der Waals surface area contributed by atoms with Gasteiger partial charge in [0.25, 0.3) is 0 Å². The predicted octanol–water partition coefficient (Wildman–Crippen LogP) is 6.67. The minimum Gasteiger partial charge on any atom is -0.488 e. The Hall–Kier alpha value is -3.57. The predicted molar refractivity (Wildman–Crippen MR) is 139 cm³/mol. The van der Waals surface area contributed by atoms with E-state index < -0.39 is 0 Å². The van der Waals surface area contributed by atoms with Crippen molar-refractivity contribution >= 4 is 16.9 Å². The maximum atomic E-state index is 12.1. The summed E-state index contributed by atoms with van der Waals surface area (Å²) in [5.41, 5.74) is 13.1. The minimum absolute atomic E-state index is 0.174. The van der Waals surface area contributed by atoms with Crippen LogP contribution >= 0.6 is 0 Å². The van der Waals surface area contributed by atoms with Crippen LogP contribution in [0.25, 0.3) is 22.1 Å². The van der Waals surface area contributed by atoms with Crippen LogP contribution in [0.2, 0.25) is 0 Å². The van der Waals surface area contributed by atoms with Crippen molar-refractivity contribution in [1.82, 2.24) is 0 Å². The number of aryl methyl sites for hydroxylation is 1. The van der Waals surface area contributed by atoms with Gasteiger partial charge in [0.05, 0.1) is 13.0 Å². The van der Waals surface area contributed by atoms with E-state index in [0.29, 0.717) is 25.5 Å². The van der Waals surface area contributed by atoms with Gasteiger partial charge in [0.1, 0.15) is 23.7 Å². The molecule has 0 bridgehead atoms. The summed E-state index contributed by atoms with van der Waals surface area (Å²) in [5.74, 6) is 1.52. The Labute approximate surface area is 206 Å². The molecule has 0 amide bonds. The molecule has 0 unspecified atom stereocenters. The molecular weight excluding hydrogens is 438 g/mol. The number of furan rings is 1. The summed E-state index contributed by atoms with van der Waals surface area (Å²) in [4.78, 5) is 12.1. The lowest BCUT2D eigenvalue weighted by Crippen LogP contribution is -2.09. The lowest BCUT2D eigenvalue weighted by atomic mass is 9.94. The molecule has 1 heterocycles. The van der Waals surface area contributed by atoms with Crippen LogP contribution in [0.1, 0.15) is 54.7 Å². The largest absolute Gasteiger partial charge is 0.488 e. The van der Waals surface area contributed by atoms with Crippen LogP contribution in [-0.2, 0) is 29.1 Å². The summed E-state index contributed by atoms with van der Waals surface area (Å²) in [6, 6.07) is 20.1. The Morgan fingerprint density at radius 1 is 1.06 bits per heavy atom. The Morgan fingerprint density at radius 2 is 1.86 bits per heavy atom. The third kappa shape index (κ3) is 5.25. The first-order valence-electron chi connectivity index (χ1n) is 12.1. The zero-order valence-corrected chi connectivity index (χ0v) is 20.9. The van der Waals surface area contributed by atoms with Gasteiger partial charge in [0.15, 0.2) is 0 Å². The van der Waals surface area contributed by atoms with Crippen molar-refractivity contribution in [2.24, 2.45) is 5.73 Å². The molecular formula is C30H33NO4.